The molecule has 3 aromatic rings. The Bertz CT molecular complexity index is 974. The number of aromatic nitrogens is 2. The molecule has 0 fully saturated rings. The van der Waals surface area contributed by atoms with E-state index in [4.69, 9.17) is 4.74 Å². The van der Waals surface area contributed by atoms with E-state index < -0.39 is 5.97 Å². The van der Waals surface area contributed by atoms with Crippen LogP contribution >= 0.6 is 11.3 Å². The summed E-state index contributed by atoms with van der Waals surface area (Å²) in [6.45, 7) is 3.85. The average Bonchev–Trinajstić information content (AvgIpc) is 3.09. The van der Waals surface area contributed by atoms with Gasteiger partial charge in [0.05, 0.1) is 18.8 Å². The van der Waals surface area contributed by atoms with Gasteiger partial charge < -0.3 is 4.74 Å². The molecule has 2 heterocycles. The summed E-state index contributed by atoms with van der Waals surface area (Å²) in [5.41, 5.74) is 1.65. The average molecular weight is 399 g/mol. The van der Waals surface area contributed by atoms with Crippen LogP contribution in [0.1, 0.15) is 38.2 Å². The van der Waals surface area contributed by atoms with E-state index in [2.05, 4.69) is 9.97 Å². The number of esters is 1. The molecule has 3 rings (SSSR count). The summed E-state index contributed by atoms with van der Waals surface area (Å²) in [7, 11) is 0. The van der Waals surface area contributed by atoms with Crippen molar-refractivity contribution in [2.24, 2.45) is 0 Å². The summed E-state index contributed by atoms with van der Waals surface area (Å²) in [5, 5.41) is 0.367. The highest BCUT2D eigenvalue weighted by Gasteiger charge is 2.25. The van der Waals surface area contributed by atoms with Crippen molar-refractivity contribution in [2.45, 2.75) is 20.4 Å². The van der Waals surface area contributed by atoms with Gasteiger partial charge in [-0.05, 0) is 43.7 Å². The molecule has 0 radical (unpaired) electrons. The first-order valence-corrected chi connectivity index (χ1v) is 9.42. The van der Waals surface area contributed by atoms with Gasteiger partial charge in [0.2, 0.25) is 0 Å². The standard InChI is InChI=1S/C20H18FN3O3S/c1-3-27-19(26)17-13(2)23-20(28-17)24(12-14-4-6-16(21)7-5-14)18(25)15-8-10-22-11-9-15/h4-11H,3,12H2,1-2H3. The van der Waals surface area contributed by atoms with Crippen LogP contribution in [-0.4, -0.2) is 28.5 Å². The Morgan fingerprint density at radius 3 is 2.46 bits per heavy atom. The molecule has 0 aliphatic carbocycles. The molecule has 0 spiro atoms. The number of carbonyl (C=O) groups excluding carboxylic acids is 2. The summed E-state index contributed by atoms with van der Waals surface area (Å²) in [4.78, 5) is 35.4. The first-order valence-electron chi connectivity index (χ1n) is 8.60. The highest BCUT2D eigenvalue weighted by atomic mass is 32.1. The highest BCUT2D eigenvalue weighted by Crippen LogP contribution is 2.29. The smallest absolute Gasteiger partial charge is 0.350 e. The summed E-state index contributed by atoms with van der Waals surface area (Å²) >= 11 is 1.09. The van der Waals surface area contributed by atoms with Gasteiger partial charge in [-0.3, -0.25) is 14.7 Å². The van der Waals surface area contributed by atoms with Crippen molar-refractivity contribution >= 4 is 28.3 Å². The zero-order chi connectivity index (χ0) is 20.1. The molecule has 28 heavy (non-hydrogen) atoms. The Morgan fingerprint density at radius 1 is 1.14 bits per heavy atom. The molecule has 144 valence electrons. The summed E-state index contributed by atoms with van der Waals surface area (Å²) < 4.78 is 18.3. The first-order chi connectivity index (χ1) is 13.5. The van der Waals surface area contributed by atoms with Gasteiger partial charge in [0.15, 0.2) is 5.13 Å². The van der Waals surface area contributed by atoms with Crippen LogP contribution < -0.4 is 4.90 Å². The number of ether oxygens (including phenoxy) is 1. The van der Waals surface area contributed by atoms with Crippen LogP contribution in [0, 0.1) is 12.7 Å². The zero-order valence-electron chi connectivity index (χ0n) is 15.4. The second-order valence-electron chi connectivity index (χ2n) is 5.89. The molecule has 0 aliphatic rings. The predicted octanol–water partition coefficient (Wildman–Crippen LogP) is 4.01. The molecule has 0 N–H and O–H groups in total. The van der Waals surface area contributed by atoms with Gasteiger partial charge >= 0.3 is 5.97 Å². The Balaban J connectivity index is 1.98. The lowest BCUT2D eigenvalue weighted by Crippen LogP contribution is -2.30. The molecular formula is C20H18FN3O3S. The Kier molecular flexibility index (Phi) is 6.10. The van der Waals surface area contributed by atoms with Crippen LogP contribution in [0.3, 0.4) is 0 Å². The minimum Gasteiger partial charge on any atom is -0.462 e. The molecule has 6 nitrogen and oxygen atoms in total. The van der Waals surface area contributed by atoms with Gasteiger partial charge in [-0.2, -0.15) is 0 Å². The quantitative estimate of drug-likeness (QED) is 0.586. The predicted molar refractivity (Wildman–Crippen MR) is 104 cm³/mol. The van der Waals surface area contributed by atoms with Crippen molar-refractivity contribution in [2.75, 3.05) is 11.5 Å². The van der Waals surface area contributed by atoms with Crippen molar-refractivity contribution in [3.63, 3.8) is 0 Å². The van der Waals surface area contributed by atoms with E-state index in [1.807, 2.05) is 0 Å². The monoisotopic (exact) mass is 399 g/mol. The van der Waals surface area contributed by atoms with Crippen molar-refractivity contribution in [3.05, 3.63) is 76.3 Å². The lowest BCUT2D eigenvalue weighted by molar-refractivity contribution is 0.0531. The van der Waals surface area contributed by atoms with E-state index in [0.29, 0.717) is 21.3 Å². The number of nitrogens with zero attached hydrogens (tertiary/aromatic N) is 3. The molecule has 1 amide bonds. The minimum atomic E-state index is -0.471. The maximum Gasteiger partial charge on any atom is 0.350 e. The van der Waals surface area contributed by atoms with E-state index in [-0.39, 0.29) is 24.9 Å². The number of thiazole rings is 1. The molecule has 0 aliphatic heterocycles. The van der Waals surface area contributed by atoms with Gasteiger partial charge in [-0.25, -0.2) is 14.2 Å². The highest BCUT2D eigenvalue weighted by molar-refractivity contribution is 7.17. The van der Waals surface area contributed by atoms with Crippen LogP contribution in [0.25, 0.3) is 0 Å². The first kappa shape index (κ1) is 19.6. The van der Waals surface area contributed by atoms with Crippen molar-refractivity contribution < 1.29 is 18.7 Å². The number of pyridine rings is 1. The molecular weight excluding hydrogens is 381 g/mol. The molecule has 1 aromatic carbocycles. The number of carbonyl (C=O) groups is 2. The fourth-order valence-corrected chi connectivity index (χ4v) is 3.49. The third-order valence-electron chi connectivity index (χ3n) is 3.90. The molecule has 0 saturated heterocycles. The van der Waals surface area contributed by atoms with E-state index in [1.165, 1.54) is 29.4 Å². The van der Waals surface area contributed by atoms with Gasteiger partial charge in [0, 0.05) is 18.0 Å². The SMILES string of the molecule is CCOC(=O)c1sc(N(Cc2ccc(F)cc2)C(=O)c2ccncc2)nc1C. The summed E-state index contributed by atoms with van der Waals surface area (Å²) in [6.07, 6.45) is 3.06. The topological polar surface area (TPSA) is 72.4 Å². The number of halogens is 1. The molecule has 0 atom stereocenters. The number of benzene rings is 1. The number of hydrogen-bond acceptors (Lipinski definition) is 6. The number of rotatable bonds is 6. The van der Waals surface area contributed by atoms with Crippen molar-refractivity contribution in [1.29, 1.82) is 0 Å². The van der Waals surface area contributed by atoms with Gasteiger partial charge in [0.25, 0.3) is 5.91 Å². The maximum atomic E-state index is 13.2. The number of aryl methyl sites for hydroxylation is 1. The van der Waals surface area contributed by atoms with Crippen LogP contribution in [0.5, 0.6) is 0 Å². The molecule has 0 unspecified atom stereocenters. The summed E-state index contributed by atoms with van der Waals surface area (Å²) in [6, 6.07) is 9.09. The van der Waals surface area contributed by atoms with Crippen LogP contribution in [0.15, 0.2) is 48.8 Å². The third-order valence-corrected chi connectivity index (χ3v) is 5.06. The number of amides is 1. The molecule has 8 heteroatoms. The largest absolute Gasteiger partial charge is 0.462 e. The second kappa shape index (κ2) is 8.71. The normalized spacial score (nSPS) is 10.5. The third kappa shape index (κ3) is 4.40. The van der Waals surface area contributed by atoms with Crippen LogP contribution in [0.2, 0.25) is 0 Å². The number of hydrogen-bond donors (Lipinski definition) is 0. The Morgan fingerprint density at radius 2 is 1.82 bits per heavy atom. The van der Waals surface area contributed by atoms with E-state index in [0.717, 1.165) is 16.9 Å². The minimum absolute atomic E-state index is 0.177. The van der Waals surface area contributed by atoms with Crippen molar-refractivity contribution in [3.8, 4) is 0 Å². The summed E-state index contributed by atoms with van der Waals surface area (Å²) in [5.74, 6) is -1.12. The van der Waals surface area contributed by atoms with Crippen LogP contribution in [-0.2, 0) is 11.3 Å². The van der Waals surface area contributed by atoms with Gasteiger partial charge in [-0.15, -0.1) is 0 Å². The van der Waals surface area contributed by atoms with E-state index >= 15 is 0 Å². The van der Waals surface area contributed by atoms with E-state index in [1.54, 1.807) is 38.1 Å². The van der Waals surface area contributed by atoms with Gasteiger partial charge in [0.1, 0.15) is 10.7 Å². The van der Waals surface area contributed by atoms with Gasteiger partial charge in [-0.1, -0.05) is 23.5 Å². The second-order valence-corrected chi connectivity index (χ2v) is 6.86. The fraction of sp³-hybridized carbons (Fsp3) is 0.200. The molecule has 0 saturated carbocycles. The van der Waals surface area contributed by atoms with E-state index in [9.17, 15) is 14.0 Å². The number of anilines is 1. The van der Waals surface area contributed by atoms with Crippen LogP contribution in [0.4, 0.5) is 9.52 Å². The lowest BCUT2D eigenvalue weighted by atomic mass is 10.2. The molecule has 0 bridgehead atoms. The maximum absolute atomic E-state index is 13.2. The van der Waals surface area contributed by atoms with Crippen molar-refractivity contribution in [1.82, 2.24) is 9.97 Å². The Hall–Kier alpha value is -3.13. The fourth-order valence-electron chi connectivity index (χ4n) is 2.53. The zero-order valence-corrected chi connectivity index (χ0v) is 16.2. The molecule has 2 aromatic heterocycles. The lowest BCUT2D eigenvalue weighted by Gasteiger charge is -2.20. The Labute approximate surface area is 165 Å².